The molecule has 0 radical (unpaired) electrons. The van der Waals surface area contributed by atoms with Gasteiger partial charge in [0.05, 0.1) is 6.33 Å². The Morgan fingerprint density at radius 1 is 1.35 bits per heavy atom. The zero-order valence-corrected chi connectivity index (χ0v) is 14.3. The van der Waals surface area contributed by atoms with Crippen molar-refractivity contribution in [1.82, 2.24) is 24.6 Å². The Balaban J connectivity index is 1.38. The molecule has 0 saturated carbocycles. The first-order valence-corrected chi connectivity index (χ1v) is 8.44. The minimum Gasteiger partial charge on any atom is -0.340 e. The summed E-state index contributed by atoms with van der Waals surface area (Å²) in [7, 11) is 1.84. The molecule has 134 valence electrons. The summed E-state index contributed by atoms with van der Waals surface area (Å²) in [6.45, 7) is 1.35. The van der Waals surface area contributed by atoms with Gasteiger partial charge in [0.25, 0.3) is 11.8 Å². The number of benzene rings is 1. The number of carbonyl (C=O) groups excluding carboxylic acids is 1. The molecule has 1 aromatic carbocycles. The van der Waals surface area contributed by atoms with Crippen molar-refractivity contribution in [1.29, 1.82) is 0 Å². The van der Waals surface area contributed by atoms with E-state index in [1.165, 1.54) is 12.1 Å². The van der Waals surface area contributed by atoms with Crippen molar-refractivity contribution in [2.45, 2.75) is 12.8 Å². The SMILES string of the molecule is Cn1cnc(C(=O)N2CCC(Cc3noc(-c4ccc(F)cc4)n3)C2)c1. The van der Waals surface area contributed by atoms with Crippen molar-refractivity contribution < 1.29 is 13.7 Å². The zero-order valence-electron chi connectivity index (χ0n) is 14.3. The second-order valence-corrected chi connectivity index (χ2v) is 6.56. The number of hydrogen-bond donors (Lipinski definition) is 0. The third-order valence-corrected chi connectivity index (χ3v) is 4.53. The number of aryl methyl sites for hydroxylation is 1. The number of nitrogens with zero attached hydrogens (tertiary/aromatic N) is 5. The summed E-state index contributed by atoms with van der Waals surface area (Å²) in [5, 5.41) is 4.01. The molecule has 1 amide bonds. The van der Waals surface area contributed by atoms with Gasteiger partial charge in [-0.2, -0.15) is 4.98 Å². The maximum Gasteiger partial charge on any atom is 0.274 e. The number of halogens is 1. The van der Waals surface area contributed by atoms with Crippen molar-refractivity contribution in [3.63, 3.8) is 0 Å². The number of amides is 1. The lowest BCUT2D eigenvalue weighted by atomic mass is 10.1. The largest absolute Gasteiger partial charge is 0.340 e. The Labute approximate surface area is 149 Å². The van der Waals surface area contributed by atoms with Gasteiger partial charge in [0.15, 0.2) is 5.82 Å². The van der Waals surface area contributed by atoms with Crippen LogP contribution in [0.5, 0.6) is 0 Å². The number of aromatic nitrogens is 4. The Morgan fingerprint density at radius 2 is 2.15 bits per heavy atom. The van der Waals surface area contributed by atoms with Gasteiger partial charge in [-0.15, -0.1) is 0 Å². The number of hydrogen-bond acceptors (Lipinski definition) is 5. The summed E-state index contributed by atoms with van der Waals surface area (Å²) >= 11 is 0. The van der Waals surface area contributed by atoms with Crippen molar-refractivity contribution in [2.24, 2.45) is 13.0 Å². The van der Waals surface area contributed by atoms with Crippen LogP contribution in [0.3, 0.4) is 0 Å². The highest BCUT2D eigenvalue weighted by molar-refractivity contribution is 5.92. The van der Waals surface area contributed by atoms with E-state index in [0.717, 1.165) is 6.42 Å². The molecular weight excluding hydrogens is 337 g/mol. The van der Waals surface area contributed by atoms with E-state index in [9.17, 15) is 9.18 Å². The first-order chi connectivity index (χ1) is 12.6. The highest BCUT2D eigenvalue weighted by Gasteiger charge is 2.29. The standard InChI is InChI=1S/C18H18FN5O2/c1-23-10-15(20-11-23)18(25)24-7-6-12(9-24)8-16-21-17(26-22-16)13-2-4-14(19)5-3-13/h2-5,10-12H,6-9H2,1H3. The lowest BCUT2D eigenvalue weighted by molar-refractivity contribution is 0.0781. The van der Waals surface area contributed by atoms with Crippen LogP contribution in [0.25, 0.3) is 11.5 Å². The van der Waals surface area contributed by atoms with Crippen LogP contribution in [0.2, 0.25) is 0 Å². The van der Waals surface area contributed by atoms with Crippen molar-refractivity contribution in [3.05, 3.63) is 54.1 Å². The molecule has 1 unspecified atom stereocenters. The summed E-state index contributed by atoms with van der Waals surface area (Å²) in [5.74, 6) is 0.896. The number of likely N-dealkylation sites (tertiary alicyclic amines) is 1. The third-order valence-electron chi connectivity index (χ3n) is 4.53. The average molecular weight is 355 g/mol. The van der Waals surface area contributed by atoms with E-state index in [1.54, 1.807) is 29.2 Å². The van der Waals surface area contributed by atoms with Gasteiger partial charge >= 0.3 is 0 Å². The molecule has 4 rings (SSSR count). The molecule has 0 bridgehead atoms. The second-order valence-electron chi connectivity index (χ2n) is 6.56. The minimum atomic E-state index is -0.308. The van der Waals surface area contributed by atoms with E-state index in [1.807, 2.05) is 11.9 Å². The van der Waals surface area contributed by atoms with Gasteiger partial charge in [0, 0.05) is 38.3 Å². The van der Waals surface area contributed by atoms with Crippen LogP contribution in [0.15, 0.2) is 41.3 Å². The molecule has 1 aliphatic rings. The molecule has 0 N–H and O–H groups in total. The topological polar surface area (TPSA) is 77.0 Å². The predicted molar refractivity (Wildman–Crippen MR) is 90.6 cm³/mol. The lowest BCUT2D eigenvalue weighted by Crippen LogP contribution is -2.29. The molecule has 0 spiro atoms. The molecule has 1 aliphatic heterocycles. The van der Waals surface area contributed by atoms with E-state index >= 15 is 0 Å². The van der Waals surface area contributed by atoms with E-state index < -0.39 is 0 Å². The Morgan fingerprint density at radius 3 is 2.88 bits per heavy atom. The van der Waals surface area contributed by atoms with Gasteiger partial charge in [-0.3, -0.25) is 4.79 Å². The maximum absolute atomic E-state index is 13.0. The summed E-state index contributed by atoms with van der Waals surface area (Å²) in [5.41, 5.74) is 1.15. The number of rotatable bonds is 4. The van der Waals surface area contributed by atoms with E-state index in [-0.39, 0.29) is 17.6 Å². The van der Waals surface area contributed by atoms with Crippen molar-refractivity contribution in [3.8, 4) is 11.5 Å². The van der Waals surface area contributed by atoms with Crippen LogP contribution in [-0.4, -0.2) is 43.6 Å². The molecule has 26 heavy (non-hydrogen) atoms. The van der Waals surface area contributed by atoms with Gasteiger partial charge in [-0.25, -0.2) is 9.37 Å². The van der Waals surface area contributed by atoms with Crippen molar-refractivity contribution >= 4 is 5.91 Å². The summed E-state index contributed by atoms with van der Waals surface area (Å²) in [4.78, 5) is 22.8. The normalized spacial score (nSPS) is 17.0. The minimum absolute atomic E-state index is 0.0480. The van der Waals surface area contributed by atoms with E-state index in [4.69, 9.17) is 4.52 Å². The molecule has 3 heterocycles. The molecular formula is C18H18FN5O2. The van der Waals surface area contributed by atoms with Gasteiger partial charge in [0.1, 0.15) is 11.5 Å². The molecule has 2 aromatic heterocycles. The van der Waals surface area contributed by atoms with Gasteiger partial charge < -0.3 is 14.0 Å². The highest BCUT2D eigenvalue weighted by Crippen LogP contribution is 2.23. The molecule has 7 nitrogen and oxygen atoms in total. The van der Waals surface area contributed by atoms with Gasteiger partial charge in [-0.05, 0) is 36.6 Å². The second kappa shape index (κ2) is 6.70. The van der Waals surface area contributed by atoms with Crippen LogP contribution in [-0.2, 0) is 13.5 Å². The fraction of sp³-hybridized carbons (Fsp3) is 0.333. The molecule has 1 saturated heterocycles. The van der Waals surface area contributed by atoms with E-state index in [0.29, 0.717) is 42.5 Å². The molecule has 8 heteroatoms. The molecule has 0 aliphatic carbocycles. The quantitative estimate of drug-likeness (QED) is 0.718. The molecule has 1 atom stereocenters. The van der Waals surface area contributed by atoms with Gasteiger partial charge in [0.2, 0.25) is 0 Å². The maximum atomic E-state index is 13.0. The Kier molecular flexibility index (Phi) is 4.24. The molecule has 1 fully saturated rings. The fourth-order valence-corrected chi connectivity index (χ4v) is 3.17. The van der Waals surface area contributed by atoms with Crippen LogP contribution >= 0.6 is 0 Å². The number of imidazole rings is 1. The fourth-order valence-electron chi connectivity index (χ4n) is 3.17. The smallest absolute Gasteiger partial charge is 0.274 e. The first-order valence-electron chi connectivity index (χ1n) is 8.44. The first kappa shape index (κ1) is 16.4. The van der Waals surface area contributed by atoms with Crippen LogP contribution in [0, 0.1) is 11.7 Å². The Hall–Kier alpha value is -3.03. The van der Waals surface area contributed by atoms with Crippen molar-refractivity contribution in [2.75, 3.05) is 13.1 Å². The van der Waals surface area contributed by atoms with Crippen LogP contribution in [0.4, 0.5) is 4.39 Å². The monoisotopic (exact) mass is 355 g/mol. The summed E-state index contributed by atoms with van der Waals surface area (Å²) < 4.78 is 20.0. The highest BCUT2D eigenvalue weighted by atomic mass is 19.1. The van der Waals surface area contributed by atoms with Crippen LogP contribution in [0.1, 0.15) is 22.7 Å². The zero-order chi connectivity index (χ0) is 18.1. The predicted octanol–water partition coefficient (Wildman–Crippen LogP) is 2.31. The van der Waals surface area contributed by atoms with Gasteiger partial charge in [-0.1, -0.05) is 5.16 Å². The molecule has 3 aromatic rings. The van der Waals surface area contributed by atoms with E-state index in [2.05, 4.69) is 15.1 Å². The summed E-state index contributed by atoms with van der Waals surface area (Å²) in [6, 6.07) is 5.93. The average Bonchev–Trinajstić information content (AvgIpc) is 3.37. The van der Waals surface area contributed by atoms with Crippen LogP contribution < -0.4 is 0 Å². The Bertz CT molecular complexity index is 918. The number of carbonyl (C=O) groups is 1. The lowest BCUT2D eigenvalue weighted by Gasteiger charge is -2.14. The summed E-state index contributed by atoms with van der Waals surface area (Å²) in [6.07, 6.45) is 4.87. The third kappa shape index (κ3) is 3.35.